The Hall–Kier alpha value is -0.940. The molecule has 0 spiro atoms. The van der Waals surface area contributed by atoms with Gasteiger partial charge in [-0.1, -0.05) is 6.92 Å². The number of nitrogens with one attached hydrogen (secondary N) is 2. The summed E-state index contributed by atoms with van der Waals surface area (Å²) in [5.74, 6) is 0.000324. The van der Waals surface area contributed by atoms with Crippen molar-refractivity contribution in [1.29, 1.82) is 0 Å². The molecule has 1 unspecified atom stereocenters. The summed E-state index contributed by atoms with van der Waals surface area (Å²) in [6.45, 7) is 4.88. The maximum absolute atomic E-state index is 11.7. The van der Waals surface area contributed by atoms with Gasteiger partial charge in [-0.25, -0.2) is 0 Å². The lowest BCUT2D eigenvalue weighted by atomic mass is 10.2. The topological polar surface area (TPSA) is 54.0 Å². The molecule has 5 heteroatoms. The Labute approximate surface area is 104 Å². The van der Waals surface area contributed by atoms with E-state index in [1.165, 1.54) is 0 Å². The number of pyridine rings is 1. The number of nitrogens with zero attached hydrogens (tertiary/aromatic N) is 1. The van der Waals surface area contributed by atoms with Crippen molar-refractivity contribution in [1.82, 2.24) is 10.3 Å². The molecule has 88 valence electrons. The number of anilines is 1. The molecule has 1 rings (SSSR count). The standard InChI is InChI=1S/C11H16BrN3O/c1-3-14-8(2)6-11(16)15-10-4-5-13-7-9(10)12/h4-5,7-8,14H,3,6H2,1-2H3,(H,13,15,16). The Balaban J connectivity index is 2.49. The van der Waals surface area contributed by atoms with E-state index in [-0.39, 0.29) is 11.9 Å². The molecule has 0 aliphatic heterocycles. The van der Waals surface area contributed by atoms with E-state index in [1.807, 2.05) is 13.8 Å². The van der Waals surface area contributed by atoms with E-state index in [0.29, 0.717) is 6.42 Å². The maximum atomic E-state index is 11.7. The summed E-state index contributed by atoms with van der Waals surface area (Å²) < 4.78 is 0.791. The van der Waals surface area contributed by atoms with Gasteiger partial charge in [0.1, 0.15) is 0 Å². The normalized spacial score (nSPS) is 12.2. The van der Waals surface area contributed by atoms with Crippen LogP contribution in [0.15, 0.2) is 22.9 Å². The van der Waals surface area contributed by atoms with E-state index >= 15 is 0 Å². The number of hydrogen-bond acceptors (Lipinski definition) is 3. The molecule has 1 amide bonds. The third-order valence-corrected chi connectivity index (χ3v) is 2.72. The van der Waals surface area contributed by atoms with Gasteiger partial charge in [0, 0.05) is 24.9 Å². The van der Waals surface area contributed by atoms with Crippen LogP contribution in [0, 0.1) is 0 Å². The van der Waals surface area contributed by atoms with Gasteiger partial charge in [0.2, 0.25) is 5.91 Å². The molecule has 1 aromatic heterocycles. The predicted octanol–water partition coefficient (Wildman–Crippen LogP) is 2.17. The average molecular weight is 286 g/mol. The van der Waals surface area contributed by atoms with Gasteiger partial charge < -0.3 is 10.6 Å². The van der Waals surface area contributed by atoms with Crippen LogP contribution in [0.2, 0.25) is 0 Å². The van der Waals surface area contributed by atoms with Gasteiger partial charge in [-0.15, -0.1) is 0 Å². The van der Waals surface area contributed by atoms with Gasteiger partial charge in [-0.2, -0.15) is 0 Å². The summed E-state index contributed by atoms with van der Waals surface area (Å²) in [5.41, 5.74) is 0.753. The van der Waals surface area contributed by atoms with E-state index in [2.05, 4.69) is 31.5 Å². The van der Waals surface area contributed by atoms with Crippen LogP contribution in [0.4, 0.5) is 5.69 Å². The Morgan fingerprint density at radius 3 is 3.00 bits per heavy atom. The zero-order chi connectivity index (χ0) is 12.0. The van der Waals surface area contributed by atoms with Gasteiger partial charge in [-0.05, 0) is 35.5 Å². The first-order valence-electron chi connectivity index (χ1n) is 5.26. The van der Waals surface area contributed by atoms with Gasteiger partial charge in [-0.3, -0.25) is 9.78 Å². The summed E-state index contributed by atoms with van der Waals surface area (Å²) in [6.07, 6.45) is 3.76. The Morgan fingerprint density at radius 1 is 1.62 bits per heavy atom. The van der Waals surface area contributed by atoms with Gasteiger partial charge >= 0.3 is 0 Å². The third kappa shape index (κ3) is 4.28. The number of rotatable bonds is 5. The van der Waals surface area contributed by atoms with Crippen molar-refractivity contribution in [3.05, 3.63) is 22.9 Å². The highest BCUT2D eigenvalue weighted by atomic mass is 79.9. The molecule has 16 heavy (non-hydrogen) atoms. The molecule has 0 aliphatic rings. The van der Waals surface area contributed by atoms with Crippen LogP contribution in [0.1, 0.15) is 20.3 Å². The van der Waals surface area contributed by atoms with Gasteiger partial charge in [0.15, 0.2) is 0 Å². The van der Waals surface area contributed by atoms with Crippen LogP contribution in [0.5, 0.6) is 0 Å². The summed E-state index contributed by atoms with van der Waals surface area (Å²) in [7, 11) is 0. The summed E-state index contributed by atoms with van der Waals surface area (Å²) in [6, 6.07) is 1.95. The first-order valence-corrected chi connectivity index (χ1v) is 6.05. The molecule has 1 aromatic rings. The van der Waals surface area contributed by atoms with E-state index in [4.69, 9.17) is 0 Å². The molecule has 0 aromatic carbocycles. The van der Waals surface area contributed by atoms with Crippen LogP contribution in [-0.2, 0) is 4.79 Å². The fraction of sp³-hybridized carbons (Fsp3) is 0.455. The highest BCUT2D eigenvalue weighted by molar-refractivity contribution is 9.10. The lowest BCUT2D eigenvalue weighted by molar-refractivity contribution is -0.116. The zero-order valence-electron chi connectivity index (χ0n) is 9.46. The number of aromatic nitrogens is 1. The Bertz CT molecular complexity index is 357. The lowest BCUT2D eigenvalue weighted by Gasteiger charge is -2.12. The quantitative estimate of drug-likeness (QED) is 0.872. The van der Waals surface area contributed by atoms with Crippen molar-refractivity contribution in [3.8, 4) is 0 Å². The molecule has 4 nitrogen and oxygen atoms in total. The molecule has 1 atom stereocenters. The number of hydrogen-bond donors (Lipinski definition) is 2. The van der Waals surface area contributed by atoms with Crippen LogP contribution in [0.3, 0.4) is 0 Å². The number of halogens is 1. The number of carbonyl (C=O) groups is 1. The maximum Gasteiger partial charge on any atom is 0.225 e. The minimum atomic E-state index is 0.000324. The smallest absolute Gasteiger partial charge is 0.225 e. The number of amides is 1. The van der Waals surface area contributed by atoms with E-state index < -0.39 is 0 Å². The first-order chi connectivity index (χ1) is 7.63. The van der Waals surface area contributed by atoms with Crippen LogP contribution in [0.25, 0.3) is 0 Å². The van der Waals surface area contributed by atoms with Crippen LogP contribution in [-0.4, -0.2) is 23.5 Å². The molecular weight excluding hydrogens is 270 g/mol. The second-order valence-electron chi connectivity index (χ2n) is 3.57. The van der Waals surface area contributed by atoms with E-state index in [9.17, 15) is 4.79 Å². The molecule has 1 heterocycles. The second kappa shape index (κ2) is 6.60. The Kier molecular flexibility index (Phi) is 5.42. The van der Waals surface area contributed by atoms with E-state index in [0.717, 1.165) is 16.7 Å². The fourth-order valence-corrected chi connectivity index (χ4v) is 1.73. The summed E-state index contributed by atoms with van der Waals surface area (Å²) >= 11 is 3.33. The summed E-state index contributed by atoms with van der Waals surface area (Å²) in [5, 5.41) is 6.03. The van der Waals surface area contributed by atoms with Gasteiger partial charge in [0.05, 0.1) is 10.2 Å². The molecule has 0 saturated heterocycles. The zero-order valence-corrected chi connectivity index (χ0v) is 11.0. The molecule has 0 bridgehead atoms. The van der Waals surface area contributed by atoms with Crippen molar-refractivity contribution in [2.45, 2.75) is 26.3 Å². The molecule has 0 aliphatic carbocycles. The van der Waals surface area contributed by atoms with Gasteiger partial charge in [0.25, 0.3) is 0 Å². The monoisotopic (exact) mass is 285 g/mol. The van der Waals surface area contributed by atoms with Crippen molar-refractivity contribution in [3.63, 3.8) is 0 Å². The molecule has 0 fully saturated rings. The second-order valence-corrected chi connectivity index (χ2v) is 4.42. The van der Waals surface area contributed by atoms with Crippen LogP contribution >= 0.6 is 15.9 Å². The highest BCUT2D eigenvalue weighted by Gasteiger charge is 2.09. The van der Waals surface area contributed by atoms with Crippen molar-refractivity contribution in [2.75, 3.05) is 11.9 Å². The average Bonchev–Trinajstić information content (AvgIpc) is 2.21. The minimum Gasteiger partial charge on any atom is -0.325 e. The Morgan fingerprint density at radius 2 is 2.38 bits per heavy atom. The molecule has 2 N–H and O–H groups in total. The molecular formula is C11H16BrN3O. The van der Waals surface area contributed by atoms with Crippen molar-refractivity contribution in [2.24, 2.45) is 0 Å². The van der Waals surface area contributed by atoms with Crippen molar-refractivity contribution >= 4 is 27.5 Å². The molecule has 0 radical (unpaired) electrons. The predicted molar refractivity (Wildman–Crippen MR) is 68.3 cm³/mol. The minimum absolute atomic E-state index is 0.000324. The fourth-order valence-electron chi connectivity index (χ4n) is 1.38. The lowest BCUT2D eigenvalue weighted by Crippen LogP contribution is -2.30. The number of carbonyl (C=O) groups excluding carboxylic acids is 1. The SMILES string of the molecule is CCNC(C)CC(=O)Nc1ccncc1Br. The largest absolute Gasteiger partial charge is 0.325 e. The first kappa shape index (κ1) is 13.1. The molecule has 0 saturated carbocycles. The highest BCUT2D eigenvalue weighted by Crippen LogP contribution is 2.19. The summed E-state index contributed by atoms with van der Waals surface area (Å²) in [4.78, 5) is 15.6. The van der Waals surface area contributed by atoms with E-state index in [1.54, 1.807) is 18.5 Å². The van der Waals surface area contributed by atoms with Crippen molar-refractivity contribution < 1.29 is 4.79 Å². The third-order valence-electron chi connectivity index (χ3n) is 2.09. The van der Waals surface area contributed by atoms with Crippen LogP contribution < -0.4 is 10.6 Å².